The van der Waals surface area contributed by atoms with E-state index in [1.54, 1.807) is 0 Å². The first-order valence-electron chi connectivity index (χ1n) is 7.60. The fraction of sp³-hybridized carbons (Fsp3) is 0.647. The molecule has 1 aliphatic rings. The molecule has 1 heterocycles. The van der Waals surface area contributed by atoms with E-state index in [1.165, 1.54) is 25.1 Å². The molecule has 1 saturated heterocycles. The van der Waals surface area contributed by atoms with Gasteiger partial charge in [-0.3, -0.25) is 4.90 Å². The van der Waals surface area contributed by atoms with Gasteiger partial charge in [-0.15, -0.1) is 0 Å². The molecule has 0 aliphatic carbocycles. The minimum absolute atomic E-state index is 0.227. The molecule has 20 heavy (non-hydrogen) atoms. The minimum Gasteiger partial charge on any atom is -0.312 e. The van der Waals surface area contributed by atoms with Gasteiger partial charge < -0.3 is 5.32 Å². The minimum atomic E-state index is 0.227. The average Bonchev–Trinajstić information content (AvgIpc) is 2.84. The molecule has 2 rings (SSSR count). The summed E-state index contributed by atoms with van der Waals surface area (Å²) in [5, 5.41) is 3.64. The van der Waals surface area contributed by atoms with Crippen molar-refractivity contribution in [3.63, 3.8) is 0 Å². The number of likely N-dealkylation sites (tertiary alicyclic amines) is 1. The second-order valence-electron chi connectivity index (χ2n) is 7.01. The molecule has 1 aliphatic heterocycles. The maximum atomic E-state index is 3.64. The molecule has 0 amide bonds. The molecule has 2 unspecified atom stereocenters. The highest BCUT2D eigenvalue weighted by Crippen LogP contribution is 2.28. The lowest BCUT2D eigenvalue weighted by Crippen LogP contribution is -2.39. The molecule has 0 bridgehead atoms. The molecule has 1 aromatic rings. The van der Waals surface area contributed by atoms with Crippen LogP contribution in [0.3, 0.4) is 0 Å². The lowest BCUT2D eigenvalue weighted by molar-refractivity contribution is 0.248. The summed E-state index contributed by atoms with van der Waals surface area (Å²) >= 11 is 3.50. The smallest absolute Gasteiger partial charge is 0.0320 e. The van der Waals surface area contributed by atoms with Gasteiger partial charge >= 0.3 is 0 Å². The van der Waals surface area contributed by atoms with Crippen molar-refractivity contribution in [3.8, 4) is 0 Å². The first-order chi connectivity index (χ1) is 9.35. The highest BCUT2D eigenvalue weighted by molar-refractivity contribution is 9.10. The Labute approximate surface area is 132 Å². The molecule has 1 aromatic carbocycles. The van der Waals surface area contributed by atoms with Gasteiger partial charge in [0.1, 0.15) is 0 Å². The predicted octanol–water partition coefficient (Wildman–Crippen LogP) is 4.22. The van der Waals surface area contributed by atoms with E-state index in [-0.39, 0.29) is 5.54 Å². The normalized spacial score (nSPS) is 22.1. The zero-order valence-electron chi connectivity index (χ0n) is 13.1. The number of nitrogens with zero attached hydrogens (tertiary/aromatic N) is 1. The number of benzene rings is 1. The van der Waals surface area contributed by atoms with E-state index < -0.39 is 0 Å². The third-order valence-corrected chi connectivity index (χ3v) is 4.67. The van der Waals surface area contributed by atoms with E-state index in [4.69, 9.17) is 0 Å². The molecule has 1 fully saturated rings. The quantitative estimate of drug-likeness (QED) is 0.884. The topological polar surface area (TPSA) is 15.3 Å². The van der Waals surface area contributed by atoms with Crippen LogP contribution in [-0.2, 0) is 0 Å². The molecule has 3 heteroatoms. The van der Waals surface area contributed by atoms with Gasteiger partial charge in [0, 0.05) is 22.6 Å². The van der Waals surface area contributed by atoms with Crippen molar-refractivity contribution in [2.24, 2.45) is 5.92 Å². The van der Waals surface area contributed by atoms with Crippen molar-refractivity contribution in [3.05, 3.63) is 34.3 Å². The van der Waals surface area contributed by atoms with Crippen LogP contribution in [-0.4, -0.2) is 30.1 Å². The van der Waals surface area contributed by atoms with Crippen molar-refractivity contribution in [2.75, 3.05) is 19.6 Å². The molecular weight excluding hydrogens is 312 g/mol. The Hall–Kier alpha value is -0.380. The Balaban J connectivity index is 1.87. The zero-order chi connectivity index (χ0) is 14.8. The van der Waals surface area contributed by atoms with Crippen LogP contribution in [0.15, 0.2) is 28.7 Å². The molecule has 0 aromatic heterocycles. The average molecular weight is 339 g/mol. The number of nitrogens with one attached hydrogen (secondary N) is 1. The van der Waals surface area contributed by atoms with Crippen LogP contribution in [0.4, 0.5) is 0 Å². The Bertz CT molecular complexity index is 422. The van der Waals surface area contributed by atoms with Crippen LogP contribution in [0.25, 0.3) is 0 Å². The summed E-state index contributed by atoms with van der Waals surface area (Å²) in [5.74, 6) is 0.784. The Morgan fingerprint density at radius 2 is 1.95 bits per heavy atom. The third kappa shape index (κ3) is 4.57. The molecule has 0 radical (unpaired) electrons. The summed E-state index contributed by atoms with van der Waals surface area (Å²) in [6, 6.07) is 9.26. The molecule has 0 saturated carbocycles. The highest BCUT2D eigenvalue weighted by atomic mass is 79.9. The van der Waals surface area contributed by atoms with Gasteiger partial charge in [-0.1, -0.05) is 28.1 Å². The largest absolute Gasteiger partial charge is 0.312 e. The molecule has 0 spiro atoms. The first kappa shape index (κ1) is 16.0. The fourth-order valence-electron chi connectivity index (χ4n) is 2.78. The van der Waals surface area contributed by atoms with Crippen LogP contribution in [0, 0.1) is 5.92 Å². The van der Waals surface area contributed by atoms with E-state index >= 15 is 0 Å². The number of halogens is 1. The summed E-state index contributed by atoms with van der Waals surface area (Å²) in [7, 11) is 0. The van der Waals surface area contributed by atoms with Crippen LogP contribution < -0.4 is 5.32 Å². The lowest BCUT2D eigenvalue weighted by Gasteiger charge is -2.26. The summed E-state index contributed by atoms with van der Waals surface area (Å²) in [5.41, 5.74) is 1.64. The van der Waals surface area contributed by atoms with E-state index in [9.17, 15) is 0 Å². The van der Waals surface area contributed by atoms with E-state index in [0.717, 1.165) is 16.9 Å². The van der Waals surface area contributed by atoms with Gasteiger partial charge in [-0.2, -0.15) is 0 Å². The molecule has 2 nitrogen and oxygen atoms in total. The van der Waals surface area contributed by atoms with E-state index in [2.05, 4.69) is 78.1 Å². The van der Waals surface area contributed by atoms with Crippen molar-refractivity contribution in [1.82, 2.24) is 10.2 Å². The van der Waals surface area contributed by atoms with Gasteiger partial charge in [0.05, 0.1) is 0 Å². The summed E-state index contributed by atoms with van der Waals surface area (Å²) < 4.78 is 1.15. The second kappa shape index (κ2) is 6.59. The summed E-state index contributed by atoms with van der Waals surface area (Å²) in [6.07, 6.45) is 1.31. The number of hydrogen-bond donors (Lipinski definition) is 1. The van der Waals surface area contributed by atoms with Crippen molar-refractivity contribution >= 4 is 15.9 Å². The van der Waals surface area contributed by atoms with Gasteiger partial charge in [-0.05, 0) is 70.8 Å². The SMILES string of the molecule is CC(c1ccc(Br)cc1)N1CCC(CNC(C)(C)C)C1. The van der Waals surface area contributed by atoms with Crippen molar-refractivity contribution < 1.29 is 0 Å². The standard InChI is InChI=1S/C17H27BrN2/c1-13(15-5-7-16(18)8-6-15)20-10-9-14(12-20)11-19-17(2,3)4/h5-8,13-14,19H,9-12H2,1-4H3. The number of hydrogen-bond acceptors (Lipinski definition) is 2. The highest BCUT2D eigenvalue weighted by Gasteiger charge is 2.27. The third-order valence-electron chi connectivity index (χ3n) is 4.14. The molecular formula is C17H27BrN2. The van der Waals surface area contributed by atoms with Crippen LogP contribution in [0.2, 0.25) is 0 Å². The van der Waals surface area contributed by atoms with E-state index in [0.29, 0.717) is 6.04 Å². The second-order valence-corrected chi connectivity index (χ2v) is 7.92. The van der Waals surface area contributed by atoms with Gasteiger partial charge in [-0.25, -0.2) is 0 Å². The zero-order valence-corrected chi connectivity index (χ0v) is 14.7. The van der Waals surface area contributed by atoms with Crippen molar-refractivity contribution in [2.45, 2.75) is 45.7 Å². The Morgan fingerprint density at radius 3 is 2.55 bits per heavy atom. The molecule has 1 N–H and O–H groups in total. The van der Waals surface area contributed by atoms with E-state index in [1.807, 2.05) is 0 Å². The fourth-order valence-corrected chi connectivity index (χ4v) is 3.05. The van der Waals surface area contributed by atoms with Crippen LogP contribution in [0.5, 0.6) is 0 Å². The van der Waals surface area contributed by atoms with Crippen LogP contribution >= 0.6 is 15.9 Å². The van der Waals surface area contributed by atoms with Gasteiger partial charge in [0.2, 0.25) is 0 Å². The maximum absolute atomic E-state index is 3.64. The molecule has 2 atom stereocenters. The Morgan fingerprint density at radius 1 is 1.30 bits per heavy atom. The van der Waals surface area contributed by atoms with Gasteiger partial charge in [0.15, 0.2) is 0 Å². The van der Waals surface area contributed by atoms with Gasteiger partial charge in [0.25, 0.3) is 0 Å². The monoisotopic (exact) mass is 338 g/mol. The predicted molar refractivity (Wildman–Crippen MR) is 90.0 cm³/mol. The lowest BCUT2D eigenvalue weighted by atomic mass is 10.0. The first-order valence-corrected chi connectivity index (χ1v) is 8.39. The van der Waals surface area contributed by atoms with Crippen LogP contribution in [0.1, 0.15) is 45.7 Å². The van der Waals surface area contributed by atoms with Crippen molar-refractivity contribution in [1.29, 1.82) is 0 Å². The summed E-state index contributed by atoms with van der Waals surface area (Å²) in [6.45, 7) is 12.6. The summed E-state index contributed by atoms with van der Waals surface area (Å²) in [4.78, 5) is 2.61. The number of rotatable bonds is 4. The Kier molecular flexibility index (Phi) is 5.27. The maximum Gasteiger partial charge on any atom is 0.0320 e. The molecule has 112 valence electrons.